The van der Waals surface area contributed by atoms with E-state index in [1.165, 1.54) is 19.2 Å². The maximum absolute atomic E-state index is 13.0. The number of rotatable bonds is 2. The molecule has 0 bridgehead atoms. The summed E-state index contributed by atoms with van der Waals surface area (Å²) in [5, 5.41) is 0. The van der Waals surface area contributed by atoms with Crippen LogP contribution in [0.15, 0.2) is 18.2 Å². The van der Waals surface area contributed by atoms with Crippen molar-refractivity contribution in [1.29, 1.82) is 0 Å². The number of amides is 1. The Labute approximate surface area is 107 Å². The Morgan fingerprint density at radius 3 is 2.58 bits per heavy atom. The monoisotopic (exact) mass is 274 g/mol. The average Bonchev–Trinajstić information content (AvgIpc) is 2.66. The number of anilines is 1. The van der Waals surface area contributed by atoms with Crippen molar-refractivity contribution >= 4 is 11.6 Å². The van der Waals surface area contributed by atoms with Crippen molar-refractivity contribution in [1.82, 2.24) is 0 Å². The third kappa shape index (κ3) is 2.65. The van der Waals surface area contributed by atoms with E-state index in [0.717, 1.165) is 11.0 Å². The van der Waals surface area contributed by atoms with Crippen molar-refractivity contribution in [3.05, 3.63) is 23.8 Å². The number of hydrogen-bond acceptors (Lipinski definition) is 3. The highest BCUT2D eigenvalue weighted by Crippen LogP contribution is 2.39. The van der Waals surface area contributed by atoms with Crippen molar-refractivity contribution < 1.29 is 22.7 Å². The SMILES string of the molecule is COc1ccc(N2CC(N)CC2=O)c(C(F)(F)F)c1. The largest absolute Gasteiger partial charge is 0.497 e. The Morgan fingerprint density at radius 2 is 2.11 bits per heavy atom. The van der Waals surface area contributed by atoms with Gasteiger partial charge in [0, 0.05) is 19.0 Å². The van der Waals surface area contributed by atoms with Crippen LogP contribution in [0.1, 0.15) is 12.0 Å². The molecule has 7 heteroatoms. The highest BCUT2D eigenvalue weighted by atomic mass is 19.4. The van der Waals surface area contributed by atoms with Crippen LogP contribution >= 0.6 is 0 Å². The molecule has 1 aromatic rings. The standard InChI is InChI=1S/C12H13F3N2O2/c1-19-8-2-3-10(9(5-8)12(13,14)15)17-6-7(16)4-11(17)18/h2-3,5,7H,4,6,16H2,1H3. The van der Waals surface area contributed by atoms with E-state index in [1.54, 1.807) is 0 Å². The van der Waals surface area contributed by atoms with Gasteiger partial charge >= 0.3 is 6.18 Å². The molecule has 19 heavy (non-hydrogen) atoms. The Hall–Kier alpha value is -1.76. The van der Waals surface area contributed by atoms with Crippen LogP contribution in [-0.2, 0) is 11.0 Å². The van der Waals surface area contributed by atoms with Crippen molar-refractivity contribution in [2.24, 2.45) is 5.73 Å². The summed E-state index contributed by atoms with van der Waals surface area (Å²) in [5.41, 5.74) is 4.53. The van der Waals surface area contributed by atoms with Gasteiger partial charge in [-0.05, 0) is 18.2 Å². The van der Waals surface area contributed by atoms with Crippen molar-refractivity contribution in [2.45, 2.75) is 18.6 Å². The quantitative estimate of drug-likeness (QED) is 0.894. The number of benzene rings is 1. The summed E-state index contributed by atoms with van der Waals surface area (Å²) < 4.78 is 43.8. The molecule has 0 aliphatic carbocycles. The molecule has 1 amide bonds. The van der Waals surface area contributed by atoms with Gasteiger partial charge in [0.05, 0.1) is 18.4 Å². The summed E-state index contributed by atoms with van der Waals surface area (Å²) in [6.45, 7) is 0.0915. The first-order valence-corrected chi connectivity index (χ1v) is 5.64. The normalized spacial score (nSPS) is 19.9. The molecule has 4 nitrogen and oxygen atoms in total. The molecule has 2 N–H and O–H groups in total. The van der Waals surface area contributed by atoms with Gasteiger partial charge in [0.1, 0.15) is 5.75 Å². The highest BCUT2D eigenvalue weighted by Gasteiger charge is 2.38. The minimum atomic E-state index is -4.56. The van der Waals surface area contributed by atoms with Crippen LogP contribution < -0.4 is 15.4 Å². The third-order valence-corrected chi connectivity index (χ3v) is 2.95. The zero-order chi connectivity index (χ0) is 14.2. The first kappa shape index (κ1) is 13.7. The molecule has 1 aliphatic heterocycles. The molecule has 1 aliphatic rings. The molecule has 0 radical (unpaired) electrons. The average molecular weight is 274 g/mol. The number of carbonyl (C=O) groups is 1. The zero-order valence-corrected chi connectivity index (χ0v) is 10.2. The lowest BCUT2D eigenvalue weighted by atomic mass is 10.1. The molecular formula is C12H13F3N2O2. The Bertz CT molecular complexity index is 502. The summed E-state index contributed by atoms with van der Waals surface area (Å²) in [7, 11) is 1.28. The van der Waals surface area contributed by atoms with Gasteiger partial charge in [0.25, 0.3) is 0 Å². The van der Waals surface area contributed by atoms with Crippen LogP contribution in [0.3, 0.4) is 0 Å². The fourth-order valence-corrected chi connectivity index (χ4v) is 2.07. The van der Waals surface area contributed by atoms with Crippen molar-refractivity contribution in [2.75, 3.05) is 18.6 Å². The third-order valence-electron chi connectivity index (χ3n) is 2.95. The Kier molecular flexibility index (Phi) is 3.40. The topological polar surface area (TPSA) is 55.6 Å². The summed E-state index contributed by atoms with van der Waals surface area (Å²) in [5.74, 6) is -0.310. The van der Waals surface area contributed by atoms with Crippen LogP contribution in [0, 0.1) is 0 Å². The molecule has 1 heterocycles. The van der Waals surface area contributed by atoms with E-state index in [2.05, 4.69) is 0 Å². The predicted octanol–water partition coefficient (Wildman–Crippen LogP) is 1.78. The van der Waals surface area contributed by atoms with E-state index in [1.807, 2.05) is 0 Å². The molecule has 0 aromatic heterocycles. The molecule has 1 saturated heterocycles. The maximum Gasteiger partial charge on any atom is 0.418 e. The molecule has 0 spiro atoms. The van der Waals surface area contributed by atoms with Crippen molar-refractivity contribution in [3.8, 4) is 5.75 Å². The van der Waals surface area contributed by atoms with E-state index in [-0.39, 0.29) is 24.4 Å². The molecule has 2 rings (SSSR count). The van der Waals surface area contributed by atoms with Crippen LogP contribution in [0.4, 0.5) is 18.9 Å². The molecule has 0 saturated carbocycles. The Morgan fingerprint density at radius 1 is 1.42 bits per heavy atom. The van der Waals surface area contributed by atoms with E-state index in [0.29, 0.717) is 0 Å². The maximum atomic E-state index is 13.0. The molecular weight excluding hydrogens is 261 g/mol. The summed E-state index contributed by atoms with van der Waals surface area (Å²) >= 11 is 0. The van der Waals surface area contributed by atoms with Crippen LogP contribution in [0.2, 0.25) is 0 Å². The molecule has 1 unspecified atom stereocenters. The van der Waals surface area contributed by atoms with Gasteiger partial charge in [-0.2, -0.15) is 13.2 Å². The van der Waals surface area contributed by atoms with Crippen LogP contribution in [0.25, 0.3) is 0 Å². The zero-order valence-electron chi connectivity index (χ0n) is 10.2. The number of ether oxygens (including phenoxy) is 1. The minimum absolute atomic E-state index is 0.0589. The lowest BCUT2D eigenvalue weighted by Crippen LogP contribution is -2.29. The fourth-order valence-electron chi connectivity index (χ4n) is 2.07. The minimum Gasteiger partial charge on any atom is -0.497 e. The lowest BCUT2D eigenvalue weighted by molar-refractivity contribution is -0.137. The molecule has 1 atom stereocenters. The fraction of sp³-hybridized carbons (Fsp3) is 0.417. The summed E-state index contributed by atoms with van der Waals surface area (Å²) in [6, 6.07) is 3.07. The van der Waals surface area contributed by atoms with E-state index < -0.39 is 23.7 Å². The van der Waals surface area contributed by atoms with Gasteiger partial charge in [-0.15, -0.1) is 0 Å². The van der Waals surface area contributed by atoms with Gasteiger partial charge in [-0.3, -0.25) is 4.79 Å². The summed E-state index contributed by atoms with van der Waals surface area (Å²) in [6.07, 6.45) is -4.50. The van der Waals surface area contributed by atoms with Gasteiger partial charge in [0.15, 0.2) is 0 Å². The first-order chi connectivity index (χ1) is 8.82. The first-order valence-electron chi connectivity index (χ1n) is 5.64. The highest BCUT2D eigenvalue weighted by molar-refractivity contribution is 5.97. The predicted molar refractivity (Wildman–Crippen MR) is 62.9 cm³/mol. The van der Waals surface area contributed by atoms with Crippen molar-refractivity contribution in [3.63, 3.8) is 0 Å². The lowest BCUT2D eigenvalue weighted by Gasteiger charge is -2.22. The number of nitrogens with zero attached hydrogens (tertiary/aromatic N) is 1. The second-order valence-corrected chi connectivity index (χ2v) is 4.35. The number of alkyl halides is 3. The van der Waals surface area contributed by atoms with Crippen LogP contribution in [0.5, 0.6) is 5.75 Å². The second-order valence-electron chi connectivity index (χ2n) is 4.35. The number of hydrogen-bond donors (Lipinski definition) is 1. The van der Waals surface area contributed by atoms with Gasteiger partial charge < -0.3 is 15.4 Å². The summed E-state index contributed by atoms with van der Waals surface area (Å²) in [4.78, 5) is 12.7. The van der Waals surface area contributed by atoms with Crippen LogP contribution in [-0.4, -0.2) is 25.6 Å². The Balaban J connectivity index is 2.48. The molecule has 1 fully saturated rings. The van der Waals surface area contributed by atoms with E-state index >= 15 is 0 Å². The molecule has 1 aromatic carbocycles. The molecule has 104 valence electrons. The van der Waals surface area contributed by atoms with Gasteiger partial charge in [-0.1, -0.05) is 0 Å². The smallest absolute Gasteiger partial charge is 0.418 e. The number of methoxy groups -OCH3 is 1. The van der Waals surface area contributed by atoms with E-state index in [4.69, 9.17) is 10.5 Å². The second kappa shape index (κ2) is 4.73. The van der Waals surface area contributed by atoms with E-state index in [9.17, 15) is 18.0 Å². The number of halogens is 3. The number of carbonyl (C=O) groups excluding carboxylic acids is 1. The number of nitrogens with two attached hydrogens (primary N) is 1. The van der Waals surface area contributed by atoms with Gasteiger partial charge in [-0.25, -0.2) is 0 Å². The van der Waals surface area contributed by atoms with Gasteiger partial charge in [0.2, 0.25) is 5.91 Å².